The molecule has 0 spiro atoms. The first-order valence-electron chi connectivity index (χ1n) is 6.63. The Labute approximate surface area is 136 Å². The Hall–Kier alpha value is -0.970. The van der Waals surface area contributed by atoms with Crippen LogP contribution in [0.5, 0.6) is 0 Å². The van der Waals surface area contributed by atoms with E-state index in [1.165, 1.54) is 24.3 Å². The molecule has 2 aromatic rings. The van der Waals surface area contributed by atoms with Gasteiger partial charge in [0.1, 0.15) is 11.6 Å². The Morgan fingerprint density at radius 2 is 1.95 bits per heavy atom. The lowest BCUT2D eigenvalue weighted by atomic mass is 9.98. The van der Waals surface area contributed by atoms with Gasteiger partial charge in [0.15, 0.2) is 0 Å². The van der Waals surface area contributed by atoms with Crippen molar-refractivity contribution >= 4 is 27.5 Å². The monoisotopic (exact) mass is 373 g/mol. The van der Waals surface area contributed by atoms with Crippen molar-refractivity contribution in [3.8, 4) is 0 Å². The first kappa shape index (κ1) is 16.4. The number of halogens is 4. The predicted molar refractivity (Wildman–Crippen MR) is 85.6 cm³/mol. The third-order valence-corrected chi connectivity index (χ3v) is 4.24. The zero-order chi connectivity index (χ0) is 15.4. The van der Waals surface area contributed by atoms with Gasteiger partial charge in [-0.25, -0.2) is 8.78 Å². The lowest BCUT2D eigenvalue weighted by Crippen LogP contribution is -2.23. The highest BCUT2D eigenvalue weighted by atomic mass is 79.9. The van der Waals surface area contributed by atoms with Gasteiger partial charge in [-0.15, -0.1) is 0 Å². The van der Waals surface area contributed by atoms with E-state index in [0.717, 1.165) is 22.1 Å². The average Bonchev–Trinajstić information content (AvgIpc) is 2.45. The summed E-state index contributed by atoms with van der Waals surface area (Å²) in [5.74, 6) is -0.735. The second-order valence-electron chi connectivity index (χ2n) is 4.73. The molecule has 0 amide bonds. The standard InChI is InChI=1S/C16H15BrClF2N/c1-2-21-16(12-9-11(19)4-5-13(12)17)8-10-3-6-14(18)15(20)7-10/h3-7,9,16,21H,2,8H2,1H3. The van der Waals surface area contributed by atoms with Gasteiger partial charge in [-0.2, -0.15) is 0 Å². The second kappa shape index (κ2) is 7.34. The highest BCUT2D eigenvalue weighted by molar-refractivity contribution is 9.10. The van der Waals surface area contributed by atoms with E-state index in [1.54, 1.807) is 12.1 Å². The molecule has 0 saturated carbocycles. The Morgan fingerprint density at radius 1 is 1.19 bits per heavy atom. The summed E-state index contributed by atoms with van der Waals surface area (Å²) in [4.78, 5) is 0. The Bertz CT molecular complexity index is 634. The molecule has 0 bridgehead atoms. The molecular formula is C16H15BrClF2N. The molecule has 0 fully saturated rings. The minimum absolute atomic E-state index is 0.102. The molecule has 0 aliphatic heterocycles. The fourth-order valence-corrected chi connectivity index (χ4v) is 2.86. The first-order chi connectivity index (χ1) is 10.0. The van der Waals surface area contributed by atoms with Crippen LogP contribution in [0.3, 0.4) is 0 Å². The molecule has 1 nitrogen and oxygen atoms in total. The molecule has 0 saturated heterocycles. The van der Waals surface area contributed by atoms with Crippen LogP contribution < -0.4 is 5.32 Å². The van der Waals surface area contributed by atoms with Gasteiger partial charge in [0.05, 0.1) is 5.02 Å². The maximum Gasteiger partial charge on any atom is 0.142 e. The first-order valence-corrected chi connectivity index (χ1v) is 7.80. The lowest BCUT2D eigenvalue weighted by Gasteiger charge is -2.20. The largest absolute Gasteiger partial charge is 0.310 e. The molecule has 5 heteroatoms. The van der Waals surface area contributed by atoms with Crippen LogP contribution in [0.15, 0.2) is 40.9 Å². The van der Waals surface area contributed by atoms with Gasteiger partial charge in [0.25, 0.3) is 0 Å². The SMILES string of the molecule is CCNC(Cc1ccc(Cl)c(F)c1)c1cc(F)ccc1Br. The highest BCUT2D eigenvalue weighted by Crippen LogP contribution is 2.28. The number of rotatable bonds is 5. The Kier molecular flexibility index (Phi) is 5.73. The van der Waals surface area contributed by atoms with Crippen molar-refractivity contribution in [1.29, 1.82) is 0 Å². The van der Waals surface area contributed by atoms with Crippen molar-refractivity contribution in [2.75, 3.05) is 6.54 Å². The van der Waals surface area contributed by atoms with Crippen LogP contribution in [-0.2, 0) is 6.42 Å². The third kappa shape index (κ3) is 4.25. The van der Waals surface area contributed by atoms with Gasteiger partial charge < -0.3 is 5.32 Å². The molecule has 0 radical (unpaired) electrons. The van der Waals surface area contributed by atoms with Crippen LogP contribution in [0, 0.1) is 11.6 Å². The summed E-state index contributed by atoms with van der Waals surface area (Å²) in [5, 5.41) is 3.40. The number of hydrogen-bond acceptors (Lipinski definition) is 1. The fraction of sp³-hybridized carbons (Fsp3) is 0.250. The number of likely N-dealkylation sites (N-methyl/N-ethyl adjacent to an activating group) is 1. The van der Waals surface area contributed by atoms with Gasteiger partial charge in [-0.1, -0.05) is 40.5 Å². The van der Waals surface area contributed by atoms with Gasteiger partial charge in [-0.3, -0.25) is 0 Å². The number of hydrogen-bond donors (Lipinski definition) is 1. The third-order valence-electron chi connectivity index (χ3n) is 3.21. The Morgan fingerprint density at radius 3 is 2.62 bits per heavy atom. The number of nitrogens with one attached hydrogen (secondary N) is 1. The van der Waals surface area contributed by atoms with E-state index in [2.05, 4.69) is 21.2 Å². The molecule has 0 aliphatic rings. The molecule has 112 valence electrons. The van der Waals surface area contributed by atoms with E-state index in [-0.39, 0.29) is 16.9 Å². The van der Waals surface area contributed by atoms with Gasteiger partial charge in [0.2, 0.25) is 0 Å². The van der Waals surface area contributed by atoms with Crippen molar-refractivity contribution in [1.82, 2.24) is 5.32 Å². The van der Waals surface area contributed by atoms with E-state index < -0.39 is 5.82 Å². The normalized spacial score (nSPS) is 12.4. The minimum atomic E-state index is -0.442. The van der Waals surface area contributed by atoms with Crippen LogP contribution in [-0.4, -0.2) is 6.54 Å². The van der Waals surface area contributed by atoms with Crippen LogP contribution in [0.2, 0.25) is 5.02 Å². The second-order valence-corrected chi connectivity index (χ2v) is 5.99. The topological polar surface area (TPSA) is 12.0 Å². The van der Waals surface area contributed by atoms with Crippen molar-refractivity contribution in [3.05, 3.63) is 68.7 Å². The summed E-state index contributed by atoms with van der Waals surface area (Å²) in [5.41, 5.74) is 1.62. The van der Waals surface area contributed by atoms with E-state index in [9.17, 15) is 8.78 Å². The minimum Gasteiger partial charge on any atom is -0.310 e. The summed E-state index contributed by atoms with van der Waals surface area (Å²) in [6.07, 6.45) is 0.546. The highest BCUT2D eigenvalue weighted by Gasteiger charge is 2.16. The average molecular weight is 375 g/mol. The number of benzene rings is 2. The van der Waals surface area contributed by atoms with E-state index in [4.69, 9.17) is 11.6 Å². The summed E-state index contributed by atoms with van der Waals surface area (Å²) >= 11 is 9.13. The van der Waals surface area contributed by atoms with E-state index >= 15 is 0 Å². The molecule has 0 heterocycles. The molecule has 1 N–H and O–H groups in total. The van der Waals surface area contributed by atoms with Crippen LogP contribution in [0.25, 0.3) is 0 Å². The summed E-state index contributed by atoms with van der Waals surface area (Å²) in [6.45, 7) is 2.70. The van der Waals surface area contributed by atoms with Crippen molar-refractivity contribution in [3.63, 3.8) is 0 Å². The van der Waals surface area contributed by atoms with Crippen LogP contribution in [0.4, 0.5) is 8.78 Å². The van der Waals surface area contributed by atoms with Crippen LogP contribution in [0.1, 0.15) is 24.1 Å². The summed E-state index contributed by atoms with van der Waals surface area (Å²) in [7, 11) is 0. The van der Waals surface area contributed by atoms with Gasteiger partial charge >= 0.3 is 0 Å². The van der Waals surface area contributed by atoms with Gasteiger partial charge in [-0.05, 0) is 54.4 Å². The maximum absolute atomic E-state index is 13.5. The molecule has 1 unspecified atom stereocenters. The van der Waals surface area contributed by atoms with E-state index in [0.29, 0.717) is 6.42 Å². The smallest absolute Gasteiger partial charge is 0.142 e. The van der Waals surface area contributed by atoms with E-state index in [1.807, 2.05) is 6.92 Å². The molecule has 21 heavy (non-hydrogen) atoms. The van der Waals surface area contributed by atoms with Crippen molar-refractivity contribution < 1.29 is 8.78 Å². The van der Waals surface area contributed by atoms with Gasteiger partial charge in [0, 0.05) is 10.5 Å². The molecule has 0 aromatic heterocycles. The molecule has 1 atom stereocenters. The Balaban J connectivity index is 2.30. The fourth-order valence-electron chi connectivity index (χ4n) is 2.22. The molecule has 0 aliphatic carbocycles. The summed E-state index contributed by atoms with van der Waals surface area (Å²) < 4.78 is 27.8. The quantitative estimate of drug-likeness (QED) is 0.751. The molecule has 2 aromatic carbocycles. The zero-order valence-corrected chi connectivity index (χ0v) is 13.8. The maximum atomic E-state index is 13.5. The molecular weight excluding hydrogens is 360 g/mol. The zero-order valence-electron chi connectivity index (χ0n) is 11.5. The lowest BCUT2D eigenvalue weighted by molar-refractivity contribution is 0.538. The summed E-state index contributed by atoms with van der Waals surface area (Å²) in [6, 6.07) is 9.19. The van der Waals surface area contributed by atoms with Crippen molar-refractivity contribution in [2.24, 2.45) is 0 Å². The molecule has 2 rings (SSSR count). The predicted octanol–water partition coefficient (Wildman–Crippen LogP) is 5.27. The van der Waals surface area contributed by atoms with Crippen LogP contribution >= 0.6 is 27.5 Å². The van der Waals surface area contributed by atoms with Crippen molar-refractivity contribution in [2.45, 2.75) is 19.4 Å².